The number of rotatable bonds is 4. The maximum absolute atomic E-state index is 11.3. The van der Waals surface area contributed by atoms with E-state index in [-0.39, 0.29) is 24.3 Å². The zero-order chi connectivity index (χ0) is 11.1. The highest BCUT2D eigenvalue weighted by molar-refractivity contribution is 5.91. The number of hydrogen-bond donors (Lipinski definition) is 2. The van der Waals surface area contributed by atoms with Gasteiger partial charge in [-0.1, -0.05) is 5.11 Å². The highest BCUT2D eigenvalue weighted by Gasteiger charge is 2.04. The normalized spacial score (nSPS) is 9.07. The maximum atomic E-state index is 11.3. The molecule has 0 aromatic carbocycles. The molecule has 0 fully saturated rings. The van der Waals surface area contributed by atoms with Crippen LogP contribution in [0.4, 0.5) is 0 Å². The second-order valence-electron chi connectivity index (χ2n) is 2.51. The Balaban J connectivity index is 2.50. The van der Waals surface area contributed by atoms with Crippen LogP contribution in [0.1, 0.15) is 10.5 Å². The fourth-order valence-corrected chi connectivity index (χ4v) is 0.821. The Morgan fingerprint density at radius 1 is 1.73 bits per heavy atom. The molecule has 0 saturated heterocycles. The van der Waals surface area contributed by atoms with E-state index in [2.05, 4.69) is 25.3 Å². The van der Waals surface area contributed by atoms with E-state index in [1.54, 1.807) is 0 Å². The van der Waals surface area contributed by atoms with Crippen molar-refractivity contribution in [2.24, 2.45) is 5.11 Å². The fraction of sp³-hybridized carbons (Fsp3) is 0.286. The Hall–Kier alpha value is -2.34. The average molecular weight is 208 g/mol. The SMILES string of the molecule is [N-]=[N+]=NCCNC(=O)c1c[nH]c(=O)cn1. The van der Waals surface area contributed by atoms with Gasteiger partial charge >= 0.3 is 0 Å². The average Bonchev–Trinajstić information content (AvgIpc) is 2.25. The number of H-pyrrole nitrogens is 1. The lowest BCUT2D eigenvalue weighted by Gasteiger charge is -2.00. The number of carbonyl (C=O) groups is 1. The van der Waals surface area contributed by atoms with Crippen LogP contribution in [0.3, 0.4) is 0 Å². The molecular formula is C7H8N6O2. The van der Waals surface area contributed by atoms with E-state index < -0.39 is 5.91 Å². The van der Waals surface area contributed by atoms with Crippen LogP contribution in [0, 0.1) is 0 Å². The minimum Gasteiger partial charge on any atom is -0.351 e. The Morgan fingerprint density at radius 2 is 2.53 bits per heavy atom. The number of nitrogens with one attached hydrogen (secondary N) is 2. The Bertz CT molecular complexity index is 427. The first-order chi connectivity index (χ1) is 7.24. The van der Waals surface area contributed by atoms with Crippen molar-refractivity contribution in [3.8, 4) is 0 Å². The zero-order valence-electron chi connectivity index (χ0n) is 7.67. The number of nitrogens with zero attached hydrogens (tertiary/aromatic N) is 4. The number of azide groups is 1. The first kappa shape index (κ1) is 10.7. The summed E-state index contributed by atoms with van der Waals surface area (Å²) in [4.78, 5) is 30.4. The van der Waals surface area contributed by atoms with Crippen molar-refractivity contribution in [2.45, 2.75) is 0 Å². The second kappa shape index (κ2) is 5.40. The molecule has 2 N–H and O–H groups in total. The topological polar surface area (TPSA) is 124 Å². The lowest BCUT2D eigenvalue weighted by Crippen LogP contribution is -2.27. The van der Waals surface area contributed by atoms with Crippen LogP contribution in [-0.4, -0.2) is 29.0 Å². The van der Waals surface area contributed by atoms with Gasteiger partial charge < -0.3 is 10.3 Å². The Kier molecular flexibility index (Phi) is 3.87. The van der Waals surface area contributed by atoms with E-state index in [0.29, 0.717) is 0 Å². The molecule has 0 radical (unpaired) electrons. The van der Waals surface area contributed by atoms with Gasteiger partial charge in [-0.05, 0) is 5.53 Å². The van der Waals surface area contributed by atoms with Crippen molar-refractivity contribution in [2.75, 3.05) is 13.1 Å². The van der Waals surface area contributed by atoms with E-state index >= 15 is 0 Å². The van der Waals surface area contributed by atoms with Gasteiger partial charge in [0.25, 0.3) is 11.5 Å². The van der Waals surface area contributed by atoms with Crippen molar-refractivity contribution in [3.63, 3.8) is 0 Å². The van der Waals surface area contributed by atoms with E-state index in [1.165, 1.54) is 6.20 Å². The number of carbonyl (C=O) groups excluding carboxylic acids is 1. The molecule has 0 saturated carbocycles. The minimum absolute atomic E-state index is 0.107. The molecule has 15 heavy (non-hydrogen) atoms. The van der Waals surface area contributed by atoms with Crippen LogP contribution >= 0.6 is 0 Å². The largest absolute Gasteiger partial charge is 0.351 e. The molecule has 8 heteroatoms. The Morgan fingerprint density at radius 3 is 3.13 bits per heavy atom. The van der Waals surface area contributed by atoms with Gasteiger partial charge in [-0.15, -0.1) is 0 Å². The van der Waals surface area contributed by atoms with Crippen molar-refractivity contribution < 1.29 is 4.79 Å². The predicted molar refractivity (Wildman–Crippen MR) is 51.2 cm³/mol. The van der Waals surface area contributed by atoms with Crippen LogP contribution in [0.15, 0.2) is 22.3 Å². The number of aromatic amines is 1. The molecule has 0 atom stereocenters. The van der Waals surface area contributed by atoms with Crippen LogP contribution in [0.2, 0.25) is 0 Å². The third-order valence-electron chi connectivity index (χ3n) is 1.47. The quantitative estimate of drug-likeness (QED) is 0.308. The summed E-state index contributed by atoms with van der Waals surface area (Å²) in [5.74, 6) is -0.431. The van der Waals surface area contributed by atoms with Crippen LogP contribution in [0.25, 0.3) is 10.4 Å². The molecule has 0 spiro atoms. The summed E-state index contributed by atoms with van der Waals surface area (Å²) in [5.41, 5.74) is 7.71. The molecule has 8 nitrogen and oxygen atoms in total. The summed E-state index contributed by atoms with van der Waals surface area (Å²) in [7, 11) is 0. The van der Waals surface area contributed by atoms with Crippen molar-refractivity contribution >= 4 is 5.91 Å². The summed E-state index contributed by atoms with van der Waals surface area (Å²) >= 11 is 0. The van der Waals surface area contributed by atoms with E-state index in [1.807, 2.05) is 0 Å². The summed E-state index contributed by atoms with van der Waals surface area (Å²) in [6.45, 7) is 0.398. The predicted octanol–water partition coefficient (Wildman–Crippen LogP) is -0.190. The van der Waals surface area contributed by atoms with Crippen molar-refractivity contribution in [1.29, 1.82) is 0 Å². The smallest absolute Gasteiger partial charge is 0.271 e. The summed E-state index contributed by atoms with van der Waals surface area (Å²) < 4.78 is 0. The van der Waals surface area contributed by atoms with E-state index in [0.717, 1.165) is 6.20 Å². The van der Waals surface area contributed by atoms with Gasteiger partial charge in [0, 0.05) is 24.2 Å². The number of aromatic nitrogens is 2. The van der Waals surface area contributed by atoms with Gasteiger partial charge in [-0.2, -0.15) is 0 Å². The van der Waals surface area contributed by atoms with E-state index in [9.17, 15) is 9.59 Å². The second-order valence-corrected chi connectivity index (χ2v) is 2.51. The molecule has 0 unspecified atom stereocenters. The molecular weight excluding hydrogens is 200 g/mol. The summed E-state index contributed by atoms with van der Waals surface area (Å²) in [5, 5.41) is 5.70. The van der Waals surface area contributed by atoms with Crippen molar-refractivity contribution in [3.05, 3.63) is 38.9 Å². The summed E-state index contributed by atoms with van der Waals surface area (Å²) in [6, 6.07) is 0. The highest BCUT2D eigenvalue weighted by Crippen LogP contribution is 1.86. The fourth-order valence-electron chi connectivity index (χ4n) is 0.821. The molecule has 1 rings (SSSR count). The molecule has 1 amide bonds. The van der Waals surface area contributed by atoms with Gasteiger partial charge in [0.05, 0.1) is 6.20 Å². The van der Waals surface area contributed by atoms with Crippen LogP contribution < -0.4 is 10.9 Å². The van der Waals surface area contributed by atoms with Crippen LogP contribution in [-0.2, 0) is 0 Å². The molecule has 0 bridgehead atoms. The standard InChI is InChI=1S/C7H8N6O2/c8-13-12-2-1-9-7(15)5-3-11-6(14)4-10-5/h3-4H,1-2H2,(H,9,15)(H,11,14). The minimum atomic E-state index is -0.431. The van der Waals surface area contributed by atoms with E-state index in [4.69, 9.17) is 5.53 Å². The number of amides is 1. The van der Waals surface area contributed by atoms with Gasteiger partial charge in [-0.25, -0.2) is 4.98 Å². The molecule has 0 aliphatic carbocycles. The monoisotopic (exact) mass is 208 g/mol. The third-order valence-corrected chi connectivity index (χ3v) is 1.47. The summed E-state index contributed by atoms with van der Waals surface area (Å²) in [6.07, 6.45) is 2.23. The number of hydrogen-bond acceptors (Lipinski definition) is 4. The molecule has 1 heterocycles. The lowest BCUT2D eigenvalue weighted by molar-refractivity contribution is 0.0949. The van der Waals surface area contributed by atoms with Gasteiger partial charge in [0.2, 0.25) is 0 Å². The molecule has 1 aromatic heterocycles. The maximum Gasteiger partial charge on any atom is 0.271 e. The first-order valence-electron chi connectivity index (χ1n) is 4.08. The van der Waals surface area contributed by atoms with Gasteiger partial charge in [0.1, 0.15) is 5.69 Å². The van der Waals surface area contributed by atoms with Gasteiger partial charge in [-0.3, -0.25) is 9.59 Å². The highest BCUT2D eigenvalue weighted by atomic mass is 16.2. The van der Waals surface area contributed by atoms with Crippen LogP contribution in [0.5, 0.6) is 0 Å². The molecule has 78 valence electrons. The van der Waals surface area contributed by atoms with Crippen molar-refractivity contribution in [1.82, 2.24) is 15.3 Å². The molecule has 0 aliphatic rings. The van der Waals surface area contributed by atoms with Gasteiger partial charge in [0.15, 0.2) is 0 Å². The first-order valence-corrected chi connectivity index (χ1v) is 4.08. The third kappa shape index (κ3) is 3.49. The Labute approximate surface area is 84.0 Å². The molecule has 1 aromatic rings. The molecule has 0 aliphatic heterocycles. The lowest BCUT2D eigenvalue weighted by atomic mass is 10.4. The zero-order valence-corrected chi connectivity index (χ0v) is 7.67.